The molecule has 5 heteroatoms. The number of isocyanates is 1. The molecule has 0 amide bonds. The number of rotatable bonds is 2. The van der Waals surface area contributed by atoms with Gasteiger partial charge in [-0.15, -0.1) is 0 Å². The SMILES string of the molecule is Cn1nc(Cl)c2c(C3(N=C=O)CC3)cccc21. The highest BCUT2D eigenvalue weighted by atomic mass is 35.5. The molecule has 1 saturated carbocycles. The van der Waals surface area contributed by atoms with E-state index in [1.807, 2.05) is 25.2 Å². The number of carbonyl (C=O) groups excluding carboxylic acids is 1. The molecule has 0 N–H and O–H groups in total. The third-order valence-corrected chi connectivity index (χ3v) is 3.58. The molecule has 0 saturated heterocycles. The van der Waals surface area contributed by atoms with Crippen molar-refractivity contribution in [2.75, 3.05) is 0 Å². The van der Waals surface area contributed by atoms with Gasteiger partial charge in [0, 0.05) is 12.4 Å². The zero-order chi connectivity index (χ0) is 12.0. The van der Waals surface area contributed by atoms with Gasteiger partial charge in [0.1, 0.15) is 0 Å². The largest absolute Gasteiger partial charge is 0.266 e. The molecule has 4 nitrogen and oxygen atoms in total. The number of nitrogens with zero attached hydrogens (tertiary/aromatic N) is 3. The highest BCUT2D eigenvalue weighted by Gasteiger charge is 2.46. The number of benzene rings is 1. The summed E-state index contributed by atoms with van der Waals surface area (Å²) in [6.45, 7) is 0. The molecule has 17 heavy (non-hydrogen) atoms. The molecule has 0 bridgehead atoms. The third-order valence-electron chi connectivity index (χ3n) is 3.32. The van der Waals surface area contributed by atoms with Crippen LogP contribution in [-0.4, -0.2) is 15.9 Å². The van der Waals surface area contributed by atoms with Crippen molar-refractivity contribution in [3.05, 3.63) is 28.9 Å². The summed E-state index contributed by atoms with van der Waals surface area (Å²) in [6.07, 6.45) is 3.40. The summed E-state index contributed by atoms with van der Waals surface area (Å²) >= 11 is 6.14. The second-order valence-electron chi connectivity index (χ2n) is 4.35. The van der Waals surface area contributed by atoms with Crippen LogP contribution in [0.3, 0.4) is 0 Å². The van der Waals surface area contributed by atoms with Gasteiger partial charge < -0.3 is 0 Å². The number of hydrogen-bond acceptors (Lipinski definition) is 3. The number of aryl methyl sites for hydroxylation is 1. The average molecular weight is 248 g/mol. The maximum absolute atomic E-state index is 10.5. The molecule has 2 aromatic rings. The molecule has 0 unspecified atom stereocenters. The zero-order valence-corrected chi connectivity index (χ0v) is 10.0. The van der Waals surface area contributed by atoms with E-state index in [2.05, 4.69) is 10.1 Å². The van der Waals surface area contributed by atoms with Crippen molar-refractivity contribution in [1.29, 1.82) is 0 Å². The molecule has 1 fully saturated rings. The number of aromatic nitrogens is 2. The van der Waals surface area contributed by atoms with Gasteiger partial charge >= 0.3 is 0 Å². The van der Waals surface area contributed by atoms with Crippen LogP contribution in [0.1, 0.15) is 18.4 Å². The Morgan fingerprint density at radius 1 is 1.53 bits per heavy atom. The molecule has 86 valence electrons. The Kier molecular flexibility index (Phi) is 2.12. The van der Waals surface area contributed by atoms with Crippen LogP contribution < -0.4 is 0 Å². The summed E-state index contributed by atoms with van der Waals surface area (Å²) in [7, 11) is 1.85. The van der Waals surface area contributed by atoms with Crippen molar-refractivity contribution in [3.8, 4) is 0 Å². The fourth-order valence-electron chi connectivity index (χ4n) is 2.30. The first-order chi connectivity index (χ1) is 8.18. The summed E-state index contributed by atoms with van der Waals surface area (Å²) in [5.41, 5.74) is 1.53. The Morgan fingerprint density at radius 3 is 2.94 bits per heavy atom. The zero-order valence-electron chi connectivity index (χ0n) is 9.27. The minimum atomic E-state index is -0.409. The van der Waals surface area contributed by atoms with Crippen molar-refractivity contribution in [2.45, 2.75) is 18.4 Å². The molecule has 1 aliphatic rings. The van der Waals surface area contributed by atoms with Gasteiger partial charge in [-0.1, -0.05) is 23.7 Å². The van der Waals surface area contributed by atoms with Crippen LogP contribution in [0.5, 0.6) is 0 Å². The van der Waals surface area contributed by atoms with Crippen molar-refractivity contribution in [2.24, 2.45) is 12.0 Å². The van der Waals surface area contributed by atoms with Crippen LogP contribution in [0.2, 0.25) is 5.15 Å². The number of aliphatic imine (C=N–C) groups is 1. The molecule has 0 spiro atoms. The Morgan fingerprint density at radius 2 is 2.29 bits per heavy atom. The number of hydrogen-bond donors (Lipinski definition) is 0. The Bertz CT molecular complexity index is 651. The summed E-state index contributed by atoms with van der Waals surface area (Å²) in [6, 6.07) is 5.86. The van der Waals surface area contributed by atoms with Crippen LogP contribution in [0.15, 0.2) is 23.2 Å². The predicted molar refractivity (Wildman–Crippen MR) is 64.8 cm³/mol. The molecular formula is C12H10ClN3O. The minimum absolute atomic E-state index is 0.409. The highest BCUT2D eigenvalue weighted by Crippen LogP contribution is 2.52. The monoisotopic (exact) mass is 247 g/mol. The Hall–Kier alpha value is -1.64. The maximum atomic E-state index is 10.5. The van der Waals surface area contributed by atoms with Crippen LogP contribution in [0, 0.1) is 0 Å². The van der Waals surface area contributed by atoms with E-state index >= 15 is 0 Å². The van der Waals surface area contributed by atoms with E-state index in [0.717, 1.165) is 29.3 Å². The van der Waals surface area contributed by atoms with Crippen LogP contribution in [-0.2, 0) is 17.4 Å². The van der Waals surface area contributed by atoms with E-state index in [-0.39, 0.29) is 0 Å². The van der Waals surface area contributed by atoms with E-state index in [4.69, 9.17) is 11.6 Å². The van der Waals surface area contributed by atoms with Gasteiger partial charge in [-0.3, -0.25) is 4.68 Å². The average Bonchev–Trinajstić information content (AvgIpc) is 3.03. The van der Waals surface area contributed by atoms with Crippen molar-refractivity contribution >= 4 is 28.6 Å². The summed E-state index contributed by atoms with van der Waals surface area (Å²) in [5.74, 6) is 0. The van der Waals surface area contributed by atoms with Gasteiger partial charge in [0.05, 0.1) is 11.1 Å². The van der Waals surface area contributed by atoms with E-state index < -0.39 is 5.54 Å². The van der Waals surface area contributed by atoms with Gasteiger partial charge in [-0.05, 0) is 24.5 Å². The molecule has 0 atom stereocenters. The first-order valence-corrected chi connectivity index (χ1v) is 5.76. The van der Waals surface area contributed by atoms with Crippen molar-refractivity contribution < 1.29 is 4.79 Å². The lowest BCUT2D eigenvalue weighted by Crippen LogP contribution is -2.02. The normalized spacial score (nSPS) is 16.8. The second kappa shape index (κ2) is 3.42. The van der Waals surface area contributed by atoms with E-state index in [1.54, 1.807) is 10.8 Å². The van der Waals surface area contributed by atoms with Crippen molar-refractivity contribution in [3.63, 3.8) is 0 Å². The molecule has 1 heterocycles. The molecule has 0 radical (unpaired) electrons. The summed E-state index contributed by atoms with van der Waals surface area (Å²) < 4.78 is 1.74. The third kappa shape index (κ3) is 1.42. The lowest BCUT2D eigenvalue weighted by atomic mass is 10.0. The molecule has 3 rings (SSSR count). The van der Waals surface area contributed by atoms with Gasteiger partial charge in [-0.25, -0.2) is 4.79 Å². The van der Waals surface area contributed by atoms with Gasteiger partial charge in [0.15, 0.2) is 5.15 Å². The molecule has 1 aliphatic carbocycles. The second-order valence-corrected chi connectivity index (χ2v) is 4.71. The van der Waals surface area contributed by atoms with Gasteiger partial charge in [0.2, 0.25) is 6.08 Å². The fraction of sp³-hybridized carbons (Fsp3) is 0.333. The molecular weight excluding hydrogens is 238 g/mol. The lowest BCUT2D eigenvalue weighted by molar-refractivity contribution is 0.556. The van der Waals surface area contributed by atoms with Crippen molar-refractivity contribution in [1.82, 2.24) is 9.78 Å². The minimum Gasteiger partial charge on any atom is -0.266 e. The van der Waals surface area contributed by atoms with Gasteiger partial charge in [0.25, 0.3) is 0 Å². The first kappa shape index (κ1) is 10.5. The van der Waals surface area contributed by atoms with Crippen LogP contribution >= 0.6 is 11.6 Å². The Labute approximate surface area is 103 Å². The van der Waals surface area contributed by atoms with E-state index in [9.17, 15) is 4.79 Å². The summed E-state index contributed by atoms with van der Waals surface area (Å²) in [5, 5.41) is 5.55. The predicted octanol–water partition coefficient (Wildman–Crippen LogP) is 2.55. The fourth-order valence-corrected chi connectivity index (χ4v) is 2.61. The highest BCUT2D eigenvalue weighted by molar-refractivity contribution is 6.34. The number of fused-ring (bicyclic) bond motifs is 1. The van der Waals surface area contributed by atoms with E-state index in [1.165, 1.54) is 0 Å². The van der Waals surface area contributed by atoms with E-state index in [0.29, 0.717) is 5.15 Å². The first-order valence-electron chi connectivity index (χ1n) is 5.39. The van der Waals surface area contributed by atoms with Crippen LogP contribution in [0.4, 0.5) is 0 Å². The standard InChI is InChI=1S/C12H10ClN3O/c1-16-9-4-2-3-8(10(9)11(13)15-16)12(5-6-12)14-7-17/h2-4H,5-6H2,1H3. The maximum Gasteiger partial charge on any atom is 0.235 e. The lowest BCUT2D eigenvalue weighted by Gasteiger charge is -2.09. The molecule has 1 aromatic carbocycles. The van der Waals surface area contributed by atoms with Gasteiger partial charge in [-0.2, -0.15) is 10.1 Å². The van der Waals surface area contributed by atoms with Crippen LogP contribution in [0.25, 0.3) is 10.9 Å². The number of halogens is 1. The molecule has 1 aromatic heterocycles. The Balaban J connectivity index is 2.34. The smallest absolute Gasteiger partial charge is 0.235 e. The summed E-state index contributed by atoms with van der Waals surface area (Å²) in [4.78, 5) is 14.5. The molecule has 0 aliphatic heterocycles. The quantitative estimate of drug-likeness (QED) is 0.605. The topological polar surface area (TPSA) is 47.2 Å².